The van der Waals surface area contributed by atoms with E-state index in [9.17, 15) is 13.2 Å². The molecule has 4 aromatic heterocycles. The lowest BCUT2D eigenvalue weighted by atomic mass is 10.3. The van der Waals surface area contributed by atoms with Gasteiger partial charge in [0, 0.05) is 18.9 Å². The lowest BCUT2D eigenvalue weighted by molar-refractivity contribution is 0.0950. The second-order valence-electron chi connectivity index (χ2n) is 8.23. The molecule has 13 heteroatoms. The number of nitrogens with zero attached hydrogens (tertiary/aromatic N) is 6. The highest BCUT2D eigenvalue weighted by Gasteiger charge is 2.28. The molecule has 1 saturated carbocycles. The SMILES string of the molecule is CCn1ncc2ncc(-c3cnc(C(=O)NCc4cc(NS(=O)(=O)C5CCCC5)ccn4)s3)nc21. The van der Waals surface area contributed by atoms with Gasteiger partial charge in [-0.05, 0) is 31.9 Å². The van der Waals surface area contributed by atoms with Gasteiger partial charge in [-0.25, -0.2) is 28.1 Å². The number of thiazole rings is 1. The molecule has 0 aliphatic heterocycles. The number of rotatable bonds is 8. The van der Waals surface area contributed by atoms with Crippen molar-refractivity contribution < 1.29 is 13.2 Å². The lowest BCUT2D eigenvalue weighted by Crippen LogP contribution is -2.26. The van der Waals surface area contributed by atoms with Gasteiger partial charge in [0.15, 0.2) is 10.7 Å². The number of sulfonamides is 1. The summed E-state index contributed by atoms with van der Waals surface area (Å²) < 4.78 is 29.5. The Morgan fingerprint density at radius 2 is 2.00 bits per heavy atom. The molecule has 1 aliphatic rings. The van der Waals surface area contributed by atoms with E-state index in [0.717, 1.165) is 17.7 Å². The van der Waals surface area contributed by atoms with Crippen LogP contribution in [0.15, 0.2) is 36.9 Å². The fraction of sp³-hybridized carbons (Fsp3) is 0.364. The molecular formula is C22H24N8O3S2. The minimum absolute atomic E-state index is 0.133. The Balaban J connectivity index is 1.24. The predicted molar refractivity (Wildman–Crippen MR) is 132 cm³/mol. The van der Waals surface area contributed by atoms with Crippen LogP contribution in [0, 0.1) is 0 Å². The number of fused-ring (bicyclic) bond motifs is 1. The third-order valence-electron chi connectivity index (χ3n) is 5.84. The van der Waals surface area contributed by atoms with Gasteiger partial charge in [0.25, 0.3) is 5.91 Å². The van der Waals surface area contributed by atoms with Crippen molar-refractivity contribution in [1.29, 1.82) is 0 Å². The van der Waals surface area contributed by atoms with Gasteiger partial charge in [0.05, 0.1) is 40.4 Å². The quantitative estimate of drug-likeness (QED) is 0.367. The van der Waals surface area contributed by atoms with Crippen molar-refractivity contribution in [2.75, 3.05) is 4.72 Å². The Hall–Kier alpha value is -3.45. The summed E-state index contributed by atoms with van der Waals surface area (Å²) in [6.07, 6.45) is 9.65. The summed E-state index contributed by atoms with van der Waals surface area (Å²) in [5, 5.41) is 6.97. The molecule has 0 saturated heterocycles. The van der Waals surface area contributed by atoms with E-state index in [0.29, 0.717) is 47.6 Å². The minimum atomic E-state index is -3.43. The van der Waals surface area contributed by atoms with E-state index in [4.69, 9.17) is 0 Å². The molecule has 0 atom stereocenters. The zero-order valence-corrected chi connectivity index (χ0v) is 20.6. The molecule has 1 fully saturated rings. The van der Waals surface area contributed by atoms with Crippen LogP contribution < -0.4 is 10.0 Å². The number of carbonyl (C=O) groups is 1. The van der Waals surface area contributed by atoms with Crippen molar-refractivity contribution in [3.05, 3.63) is 47.6 Å². The van der Waals surface area contributed by atoms with Gasteiger partial charge in [-0.1, -0.05) is 12.8 Å². The van der Waals surface area contributed by atoms with Gasteiger partial charge in [0.2, 0.25) is 10.0 Å². The molecular weight excluding hydrogens is 488 g/mol. The zero-order chi connectivity index (χ0) is 24.4. The second kappa shape index (κ2) is 9.66. The van der Waals surface area contributed by atoms with Crippen LogP contribution in [0.4, 0.5) is 5.69 Å². The first-order chi connectivity index (χ1) is 16.9. The summed E-state index contributed by atoms with van der Waals surface area (Å²) in [4.78, 5) is 30.9. The van der Waals surface area contributed by atoms with E-state index >= 15 is 0 Å². The van der Waals surface area contributed by atoms with Crippen molar-refractivity contribution in [1.82, 2.24) is 35.0 Å². The standard InChI is InChI=1S/C22H24N8O3S2/c1-2-30-20-18(12-27-30)24-11-17(28-20)19-13-26-22(34-19)21(31)25-10-15-9-14(7-8-23-15)29-35(32,33)16-5-3-4-6-16/h7-9,11-13,16H,2-6,10H2,1H3,(H,23,29)(H,25,31). The van der Waals surface area contributed by atoms with Gasteiger partial charge in [-0.3, -0.25) is 14.5 Å². The number of amides is 1. The molecule has 0 spiro atoms. The Bertz CT molecular complexity index is 1470. The number of hydrogen-bond donors (Lipinski definition) is 2. The smallest absolute Gasteiger partial charge is 0.280 e. The lowest BCUT2D eigenvalue weighted by Gasteiger charge is -2.14. The molecule has 4 aromatic rings. The number of nitrogens with one attached hydrogen (secondary N) is 2. The Morgan fingerprint density at radius 1 is 1.17 bits per heavy atom. The minimum Gasteiger partial charge on any atom is -0.344 e. The number of aryl methyl sites for hydroxylation is 1. The molecule has 35 heavy (non-hydrogen) atoms. The summed E-state index contributed by atoms with van der Waals surface area (Å²) in [6.45, 7) is 2.79. The fourth-order valence-electron chi connectivity index (χ4n) is 4.03. The molecule has 0 aromatic carbocycles. The molecule has 182 valence electrons. The van der Waals surface area contributed by atoms with Crippen LogP contribution in [-0.4, -0.2) is 49.3 Å². The number of aromatic nitrogens is 6. The van der Waals surface area contributed by atoms with Crippen molar-refractivity contribution in [3.63, 3.8) is 0 Å². The Morgan fingerprint density at radius 3 is 2.80 bits per heavy atom. The van der Waals surface area contributed by atoms with Crippen LogP contribution in [0.1, 0.15) is 48.1 Å². The zero-order valence-electron chi connectivity index (χ0n) is 19.0. The first-order valence-electron chi connectivity index (χ1n) is 11.3. The molecule has 5 rings (SSSR count). The number of carbonyl (C=O) groups excluding carboxylic acids is 1. The topological polar surface area (TPSA) is 145 Å². The van der Waals surface area contributed by atoms with E-state index in [1.54, 1.807) is 35.4 Å². The second-order valence-corrected chi connectivity index (χ2v) is 11.2. The summed E-state index contributed by atoms with van der Waals surface area (Å²) in [7, 11) is -3.43. The maximum absolute atomic E-state index is 12.7. The summed E-state index contributed by atoms with van der Waals surface area (Å²) >= 11 is 1.21. The third kappa shape index (κ3) is 5.00. The van der Waals surface area contributed by atoms with Crippen LogP contribution in [0.3, 0.4) is 0 Å². The monoisotopic (exact) mass is 512 g/mol. The Labute approximate surface area is 206 Å². The molecule has 2 N–H and O–H groups in total. The summed E-state index contributed by atoms with van der Waals surface area (Å²) in [5.41, 5.74) is 2.98. The molecule has 0 unspecified atom stereocenters. The van der Waals surface area contributed by atoms with Crippen molar-refractivity contribution in [3.8, 4) is 10.6 Å². The fourth-order valence-corrected chi connectivity index (χ4v) is 6.39. The number of hydrogen-bond acceptors (Lipinski definition) is 9. The molecule has 11 nitrogen and oxygen atoms in total. The van der Waals surface area contributed by atoms with Gasteiger partial charge >= 0.3 is 0 Å². The van der Waals surface area contributed by atoms with Crippen LogP contribution in [-0.2, 0) is 23.1 Å². The highest BCUT2D eigenvalue weighted by Crippen LogP contribution is 2.27. The number of anilines is 1. The molecule has 4 heterocycles. The highest BCUT2D eigenvalue weighted by atomic mass is 32.2. The number of pyridine rings is 1. The molecule has 0 bridgehead atoms. The van der Waals surface area contributed by atoms with Crippen molar-refractivity contribution in [2.24, 2.45) is 0 Å². The van der Waals surface area contributed by atoms with Gasteiger partial charge in [0.1, 0.15) is 11.2 Å². The van der Waals surface area contributed by atoms with E-state index in [1.165, 1.54) is 17.5 Å². The van der Waals surface area contributed by atoms with E-state index in [-0.39, 0.29) is 22.7 Å². The molecule has 1 aliphatic carbocycles. The first kappa shape index (κ1) is 23.3. The average molecular weight is 513 g/mol. The predicted octanol–water partition coefficient (Wildman–Crippen LogP) is 2.98. The third-order valence-corrected chi connectivity index (χ3v) is 8.73. The van der Waals surface area contributed by atoms with Crippen molar-refractivity contribution in [2.45, 2.75) is 50.9 Å². The van der Waals surface area contributed by atoms with Crippen LogP contribution in [0.5, 0.6) is 0 Å². The normalized spacial score (nSPS) is 14.4. The van der Waals surface area contributed by atoms with E-state index < -0.39 is 10.0 Å². The summed E-state index contributed by atoms with van der Waals surface area (Å²) in [6, 6.07) is 3.23. The highest BCUT2D eigenvalue weighted by molar-refractivity contribution is 7.93. The Kier molecular flexibility index (Phi) is 6.43. The van der Waals surface area contributed by atoms with Crippen LogP contribution >= 0.6 is 11.3 Å². The maximum Gasteiger partial charge on any atom is 0.280 e. The largest absolute Gasteiger partial charge is 0.344 e. The van der Waals surface area contributed by atoms with Crippen molar-refractivity contribution >= 4 is 44.1 Å². The first-order valence-corrected chi connectivity index (χ1v) is 13.7. The van der Waals surface area contributed by atoms with Crippen LogP contribution in [0.2, 0.25) is 0 Å². The van der Waals surface area contributed by atoms with Gasteiger partial charge < -0.3 is 5.32 Å². The summed E-state index contributed by atoms with van der Waals surface area (Å²) in [5.74, 6) is -0.354. The van der Waals surface area contributed by atoms with E-state index in [2.05, 4.69) is 35.1 Å². The van der Waals surface area contributed by atoms with Gasteiger partial charge in [-0.2, -0.15) is 5.10 Å². The maximum atomic E-state index is 12.7. The van der Waals surface area contributed by atoms with Gasteiger partial charge in [-0.15, -0.1) is 11.3 Å². The average Bonchev–Trinajstić information content (AvgIpc) is 3.63. The molecule has 1 amide bonds. The van der Waals surface area contributed by atoms with E-state index in [1.807, 2.05) is 6.92 Å². The van der Waals surface area contributed by atoms with Crippen LogP contribution in [0.25, 0.3) is 21.7 Å². The molecule has 0 radical (unpaired) electrons.